The second-order valence-corrected chi connectivity index (χ2v) is 4.98. The van der Waals surface area contributed by atoms with Crippen molar-refractivity contribution in [3.8, 4) is 0 Å². The molecule has 0 fully saturated rings. The minimum absolute atomic E-state index is 0.0949. The summed E-state index contributed by atoms with van der Waals surface area (Å²) < 4.78 is 5.70. The molecule has 3 heteroatoms. The Labute approximate surface area is 83.9 Å². The zero-order chi connectivity index (χ0) is 10.6. The summed E-state index contributed by atoms with van der Waals surface area (Å²) in [7, 11) is -0.430. The fourth-order valence-electron chi connectivity index (χ4n) is 1.31. The van der Waals surface area contributed by atoms with Gasteiger partial charge in [0, 0.05) is 5.92 Å². The van der Waals surface area contributed by atoms with E-state index >= 15 is 0 Å². The molecule has 0 spiro atoms. The first-order valence-corrected chi connectivity index (χ1v) is 6.79. The van der Waals surface area contributed by atoms with Gasteiger partial charge in [-0.1, -0.05) is 25.6 Å². The number of rotatable bonds is 5. The third-order valence-electron chi connectivity index (χ3n) is 2.59. The summed E-state index contributed by atoms with van der Waals surface area (Å²) in [6, 6.07) is 0. The lowest BCUT2D eigenvalue weighted by atomic mass is 9.85. The smallest absolute Gasteiger partial charge is 0.159 e. The molecule has 0 heterocycles. The van der Waals surface area contributed by atoms with Gasteiger partial charge in [0.2, 0.25) is 0 Å². The average molecular weight is 202 g/mol. The topological polar surface area (TPSA) is 29.5 Å². The summed E-state index contributed by atoms with van der Waals surface area (Å²) in [5, 5.41) is 9.79. The molecule has 0 aromatic heterocycles. The Morgan fingerprint density at radius 3 is 2.31 bits per heavy atom. The van der Waals surface area contributed by atoms with Crippen molar-refractivity contribution in [1.29, 1.82) is 0 Å². The fraction of sp³-hybridized carbons (Fsp3) is 0.800. The lowest BCUT2D eigenvalue weighted by Gasteiger charge is -2.35. The molecule has 0 aliphatic heterocycles. The minimum atomic E-state index is -0.462. The molecular formula is C10H22O2Si. The quantitative estimate of drug-likeness (QED) is 0.540. The van der Waals surface area contributed by atoms with Crippen molar-refractivity contribution in [3.63, 3.8) is 0 Å². The standard InChI is InChI=1S/C10H22O2Si/c1-7(2)9(11)8(3)10(4,5)12-13-6/h8-9,11H,1,13H2,2-6H3. The zero-order valence-electron chi connectivity index (χ0n) is 9.42. The van der Waals surface area contributed by atoms with E-state index in [0.29, 0.717) is 0 Å². The van der Waals surface area contributed by atoms with E-state index in [1.807, 2.05) is 27.7 Å². The van der Waals surface area contributed by atoms with E-state index in [4.69, 9.17) is 4.43 Å². The third kappa shape index (κ3) is 3.63. The highest BCUT2D eigenvalue weighted by Crippen LogP contribution is 2.26. The Morgan fingerprint density at radius 1 is 1.54 bits per heavy atom. The van der Waals surface area contributed by atoms with Crippen LogP contribution in [0.3, 0.4) is 0 Å². The van der Waals surface area contributed by atoms with E-state index < -0.39 is 15.9 Å². The van der Waals surface area contributed by atoms with Crippen LogP contribution in [0.1, 0.15) is 27.7 Å². The van der Waals surface area contributed by atoms with Crippen molar-refractivity contribution in [3.05, 3.63) is 12.2 Å². The predicted molar refractivity (Wildman–Crippen MR) is 59.6 cm³/mol. The molecule has 0 bridgehead atoms. The molecule has 0 rings (SSSR count). The molecule has 0 aliphatic rings. The van der Waals surface area contributed by atoms with Crippen LogP contribution in [0, 0.1) is 5.92 Å². The van der Waals surface area contributed by atoms with Crippen LogP contribution in [-0.4, -0.2) is 26.6 Å². The van der Waals surface area contributed by atoms with E-state index in [0.717, 1.165) is 5.57 Å². The van der Waals surface area contributed by atoms with Crippen molar-refractivity contribution < 1.29 is 9.53 Å². The number of hydrogen-bond donors (Lipinski definition) is 1. The van der Waals surface area contributed by atoms with Crippen LogP contribution in [0.15, 0.2) is 12.2 Å². The Bertz CT molecular complexity index is 178. The summed E-state index contributed by atoms with van der Waals surface area (Å²) in [5.74, 6) is 0.0949. The monoisotopic (exact) mass is 202 g/mol. The van der Waals surface area contributed by atoms with Gasteiger partial charge in [-0.2, -0.15) is 0 Å². The van der Waals surface area contributed by atoms with Crippen molar-refractivity contribution in [2.24, 2.45) is 5.92 Å². The molecule has 2 nitrogen and oxygen atoms in total. The van der Waals surface area contributed by atoms with Crippen LogP contribution in [-0.2, 0) is 4.43 Å². The Hall–Kier alpha value is -0.123. The van der Waals surface area contributed by atoms with Crippen molar-refractivity contribution in [2.45, 2.75) is 45.9 Å². The molecule has 0 aliphatic carbocycles. The Morgan fingerprint density at radius 2 is 2.00 bits per heavy atom. The molecule has 0 aromatic rings. The highest BCUT2D eigenvalue weighted by atomic mass is 28.2. The molecular weight excluding hydrogens is 180 g/mol. The Balaban J connectivity index is 4.38. The van der Waals surface area contributed by atoms with Gasteiger partial charge in [-0.05, 0) is 20.8 Å². The van der Waals surface area contributed by atoms with E-state index in [9.17, 15) is 5.11 Å². The summed E-state index contributed by atoms with van der Waals surface area (Å²) >= 11 is 0. The first-order valence-electron chi connectivity index (χ1n) is 4.80. The number of aliphatic hydroxyl groups is 1. The SMILES string of the molecule is C=C(C)C(O)C(C)C(C)(C)O[SiH2]C. The molecule has 13 heavy (non-hydrogen) atoms. The third-order valence-corrected chi connectivity index (χ3v) is 3.62. The van der Waals surface area contributed by atoms with E-state index in [1.54, 1.807) is 0 Å². The summed E-state index contributed by atoms with van der Waals surface area (Å²) in [4.78, 5) is 0. The molecule has 2 atom stereocenters. The van der Waals surface area contributed by atoms with Gasteiger partial charge in [0.15, 0.2) is 9.76 Å². The van der Waals surface area contributed by atoms with Crippen LogP contribution >= 0.6 is 0 Å². The van der Waals surface area contributed by atoms with Gasteiger partial charge in [0.1, 0.15) is 0 Å². The summed E-state index contributed by atoms with van der Waals surface area (Å²) in [6.07, 6.45) is -0.462. The average Bonchev–Trinajstić information content (AvgIpc) is 2.01. The van der Waals surface area contributed by atoms with Gasteiger partial charge in [-0.25, -0.2) is 0 Å². The second-order valence-electron chi connectivity index (χ2n) is 4.12. The maximum atomic E-state index is 9.79. The van der Waals surface area contributed by atoms with Crippen LogP contribution in [0.5, 0.6) is 0 Å². The first kappa shape index (κ1) is 12.9. The molecule has 0 saturated heterocycles. The highest BCUT2D eigenvalue weighted by Gasteiger charge is 2.31. The van der Waals surface area contributed by atoms with Gasteiger partial charge in [-0.3, -0.25) is 0 Å². The van der Waals surface area contributed by atoms with Gasteiger partial charge >= 0.3 is 0 Å². The minimum Gasteiger partial charge on any atom is -0.419 e. The maximum absolute atomic E-state index is 9.79. The molecule has 0 radical (unpaired) electrons. The van der Waals surface area contributed by atoms with Gasteiger partial charge in [0.25, 0.3) is 0 Å². The zero-order valence-corrected chi connectivity index (χ0v) is 10.8. The number of hydrogen-bond acceptors (Lipinski definition) is 2. The van der Waals surface area contributed by atoms with Crippen LogP contribution < -0.4 is 0 Å². The second kappa shape index (κ2) is 4.93. The summed E-state index contributed by atoms with van der Waals surface area (Å²) in [5.41, 5.74) is 0.571. The summed E-state index contributed by atoms with van der Waals surface area (Å²) in [6.45, 7) is 13.8. The molecule has 0 aromatic carbocycles. The first-order chi connectivity index (χ1) is 5.83. The van der Waals surface area contributed by atoms with Gasteiger partial charge < -0.3 is 9.53 Å². The molecule has 0 amide bonds. The van der Waals surface area contributed by atoms with E-state index in [-0.39, 0.29) is 11.5 Å². The largest absolute Gasteiger partial charge is 0.419 e. The van der Waals surface area contributed by atoms with Crippen molar-refractivity contribution in [1.82, 2.24) is 0 Å². The van der Waals surface area contributed by atoms with Crippen molar-refractivity contribution >= 4 is 9.76 Å². The maximum Gasteiger partial charge on any atom is 0.159 e. The van der Waals surface area contributed by atoms with Gasteiger partial charge in [-0.15, -0.1) is 0 Å². The lowest BCUT2D eigenvalue weighted by Crippen LogP contribution is -2.40. The molecule has 0 saturated carbocycles. The van der Waals surface area contributed by atoms with Crippen LogP contribution in [0.25, 0.3) is 0 Å². The lowest BCUT2D eigenvalue weighted by molar-refractivity contribution is -0.00341. The highest BCUT2D eigenvalue weighted by molar-refractivity contribution is 6.25. The van der Waals surface area contributed by atoms with E-state index in [2.05, 4.69) is 13.1 Å². The van der Waals surface area contributed by atoms with Crippen LogP contribution in [0.2, 0.25) is 6.55 Å². The van der Waals surface area contributed by atoms with Crippen molar-refractivity contribution in [2.75, 3.05) is 0 Å². The predicted octanol–water partition coefficient (Wildman–Crippen LogP) is 1.49. The number of aliphatic hydroxyl groups excluding tert-OH is 1. The van der Waals surface area contributed by atoms with E-state index in [1.165, 1.54) is 0 Å². The molecule has 1 N–H and O–H groups in total. The fourth-order valence-corrected chi connectivity index (χ4v) is 2.32. The molecule has 2 unspecified atom stereocenters. The normalized spacial score (nSPS) is 17.7. The Kier molecular flexibility index (Phi) is 4.89. The van der Waals surface area contributed by atoms with Crippen LogP contribution in [0.4, 0.5) is 0 Å². The molecule has 78 valence electrons. The van der Waals surface area contributed by atoms with Gasteiger partial charge in [0.05, 0.1) is 11.7 Å².